The Labute approximate surface area is 104 Å². The predicted octanol–water partition coefficient (Wildman–Crippen LogP) is 3.74. The fourth-order valence-electron chi connectivity index (χ4n) is 2.24. The van der Waals surface area contributed by atoms with Crippen molar-refractivity contribution in [3.05, 3.63) is 23.3 Å². The number of allylic oxidation sites excluding steroid dienone is 4. The fraction of sp³-hybridized carbons (Fsp3) is 0.600. The number of hydrogen-bond acceptors (Lipinski definition) is 2. The summed E-state index contributed by atoms with van der Waals surface area (Å²) >= 11 is 0. The minimum atomic E-state index is 1.02. The molecule has 0 fully saturated rings. The molecule has 2 aliphatic heterocycles. The Bertz CT molecular complexity index is 314. The van der Waals surface area contributed by atoms with E-state index in [1.54, 1.807) is 0 Å². The van der Waals surface area contributed by atoms with Gasteiger partial charge < -0.3 is 0 Å². The SMILES string of the molecule is C1=NCCC/C1=C/CCC/C=C1\C=NCCC1. The first-order chi connectivity index (χ1) is 8.45. The molecule has 0 aliphatic carbocycles. The molecule has 2 aliphatic rings. The highest BCUT2D eigenvalue weighted by Gasteiger charge is 2.00. The van der Waals surface area contributed by atoms with E-state index in [0.717, 1.165) is 13.1 Å². The molecule has 92 valence electrons. The van der Waals surface area contributed by atoms with Gasteiger partial charge in [-0.1, -0.05) is 12.2 Å². The zero-order chi connectivity index (χ0) is 11.8. The quantitative estimate of drug-likeness (QED) is 0.657. The van der Waals surface area contributed by atoms with E-state index in [0.29, 0.717) is 0 Å². The molecule has 0 spiro atoms. The summed E-state index contributed by atoms with van der Waals surface area (Å²) in [5.41, 5.74) is 2.87. The van der Waals surface area contributed by atoms with Crippen molar-refractivity contribution in [2.75, 3.05) is 13.1 Å². The molecular formula is C15H22N2. The van der Waals surface area contributed by atoms with Gasteiger partial charge in [0.25, 0.3) is 0 Å². The maximum absolute atomic E-state index is 4.31. The highest BCUT2D eigenvalue weighted by atomic mass is 14.7. The van der Waals surface area contributed by atoms with E-state index in [4.69, 9.17) is 0 Å². The summed E-state index contributed by atoms with van der Waals surface area (Å²) in [6.45, 7) is 2.03. The van der Waals surface area contributed by atoms with Crippen molar-refractivity contribution < 1.29 is 0 Å². The van der Waals surface area contributed by atoms with E-state index in [-0.39, 0.29) is 0 Å². The van der Waals surface area contributed by atoms with E-state index in [9.17, 15) is 0 Å². The molecule has 0 aromatic rings. The molecule has 0 radical (unpaired) electrons. The second-order valence-electron chi connectivity index (χ2n) is 4.77. The van der Waals surface area contributed by atoms with E-state index in [2.05, 4.69) is 34.6 Å². The highest BCUT2D eigenvalue weighted by Crippen LogP contribution is 2.13. The van der Waals surface area contributed by atoms with Crippen LogP contribution in [0.2, 0.25) is 0 Å². The monoisotopic (exact) mass is 230 g/mol. The highest BCUT2D eigenvalue weighted by molar-refractivity contribution is 5.79. The summed E-state index contributed by atoms with van der Waals surface area (Å²) in [5.74, 6) is 0. The van der Waals surface area contributed by atoms with Crippen LogP contribution in [0.5, 0.6) is 0 Å². The molecule has 0 atom stereocenters. The summed E-state index contributed by atoms with van der Waals surface area (Å²) in [7, 11) is 0. The third-order valence-corrected chi connectivity index (χ3v) is 3.24. The van der Waals surface area contributed by atoms with E-state index in [1.165, 1.54) is 56.1 Å². The second kappa shape index (κ2) is 7.21. The summed E-state index contributed by atoms with van der Waals surface area (Å²) in [6, 6.07) is 0. The van der Waals surface area contributed by atoms with Crippen molar-refractivity contribution in [2.45, 2.75) is 44.9 Å². The van der Waals surface area contributed by atoms with Gasteiger partial charge >= 0.3 is 0 Å². The van der Waals surface area contributed by atoms with Gasteiger partial charge in [-0.2, -0.15) is 0 Å². The fourth-order valence-corrected chi connectivity index (χ4v) is 2.24. The smallest absolute Gasteiger partial charge is 0.0392 e. The van der Waals surface area contributed by atoms with Crippen LogP contribution in [0.3, 0.4) is 0 Å². The molecule has 2 heterocycles. The molecule has 2 nitrogen and oxygen atoms in total. The van der Waals surface area contributed by atoms with Crippen LogP contribution in [-0.4, -0.2) is 25.5 Å². The van der Waals surface area contributed by atoms with Gasteiger partial charge in [0.1, 0.15) is 0 Å². The lowest BCUT2D eigenvalue weighted by Crippen LogP contribution is -1.97. The number of aliphatic imine (C=N–C) groups is 2. The average Bonchev–Trinajstić information content (AvgIpc) is 2.41. The molecule has 2 rings (SSSR count). The van der Waals surface area contributed by atoms with Gasteiger partial charge in [-0.05, 0) is 56.1 Å². The van der Waals surface area contributed by atoms with Crippen molar-refractivity contribution in [3.8, 4) is 0 Å². The Morgan fingerprint density at radius 2 is 1.41 bits per heavy atom. The van der Waals surface area contributed by atoms with E-state index < -0.39 is 0 Å². The first-order valence-electron chi connectivity index (χ1n) is 6.83. The summed E-state index contributed by atoms with van der Waals surface area (Å²) in [4.78, 5) is 8.62. The van der Waals surface area contributed by atoms with Crippen molar-refractivity contribution in [1.29, 1.82) is 0 Å². The maximum Gasteiger partial charge on any atom is 0.0392 e. The summed E-state index contributed by atoms with van der Waals surface area (Å²) in [5, 5.41) is 0. The lowest BCUT2D eigenvalue weighted by Gasteiger charge is -2.07. The molecule has 0 aromatic carbocycles. The van der Waals surface area contributed by atoms with Crippen LogP contribution in [0, 0.1) is 0 Å². The second-order valence-corrected chi connectivity index (χ2v) is 4.77. The minimum absolute atomic E-state index is 1.02. The normalized spacial score (nSPS) is 24.7. The van der Waals surface area contributed by atoms with Gasteiger partial charge in [0.15, 0.2) is 0 Å². The van der Waals surface area contributed by atoms with Gasteiger partial charge in [0.05, 0.1) is 0 Å². The molecule has 0 saturated heterocycles. The molecule has 0 saturated carbocycles. The zero-order valence-corrected chi connectivity index (χ0v) is 10.6. The van der Waals surface area contributed by atoms with Crippen molar-refractivity contribution >= 4 is 12.4 Å². The van der Waals surface area contributed by atoms with Crippen molar-refractivity contribution in [3.63, 3.8) is 0 Å². The number of rotatable bonds is 4. The van der Waals surface area contributed by atoms with Gasteiger partial charge in [-0.3, -0.25) is 9.98 Å². The number of hydrogen-bond donors (Lipinski definition) is 0. The average molecular weight is 230 g/mol. The molecule has 0 aromatic heterocycles. The van der Waals surface area contributed by atoms with E-state index in [1.807, 2.05) is 0 Å². The summed E-state index contributed by atoms with van der Waals surface area (Å²) in [6.07, 6.45) is 17.3. The lowest BCUT2D eigenvalue weighted by molar-refractivity contribution is 0.796. The Morgan fingerprint density at radius 1 is 0.882 bits per heavy atom. The van der Waals surface area contributed by atoms with Gasteiger partial charge in [0, 0.05) is 25.5 Å². The molecule has 17 heavy (non-hydrogen) atoms. The third kappa shape index (κ3) is 4.68. The van der Waals surface area contributed by atoms with Crippen LogP contribution in [0.4, 0.5) is 0 Å². The topological polar surface area (TPSA) is 24.7 Å². The van der Waals surface area contributed by atoms with Crippen LogP contribution in [0.15, 0.2) is 33.3 Å². The van der Waals surface area contributed by atoms with E-state index >= 15 is 0 Å². The Morgan fingerprint density at radius 3 is 1.82 bits per heavy atom. The van der Waals surface area contributed by atoms with Crippen molar-refractivity contribution in [2.24, 2.45) is 9.98 Å². The molecule has 0 unspecified atom stereocenters. The largest absolute Gasteiger partial charge is 0.293 e. The molecule has 0 N–H and O–H groups in total. The lowest BCUT2D eigenvalue weighted by atomic mass is 10.0. The molecule has 2 heteroatoms. The first-order valence-corrected chi connectivity index (χ1v) is 6.83. The van der Waals surface area contributed by atoms with Crippen LogP contribution in [-0.2, 0) is 0 Å². The first kappa shape index (κ1) is 12.3. The van der Waals surface area contributed by atoms with Crippen molar-refractivity contribution in [1.82, 2.24) is 0 Å². The number of nitrogens with zero attached hydrogens (tertiary/aromatic N) is 2. The molecule has 0 amide bonds. The van der Waals surface area contributed by atoms with Crippen LogP contribution < -0.4 is 0 Å². The maximum atomic E-state index is 4.31. The van der Waals surface area contributed by atoms with Gasteiger partial charge in [-0.25, -0.2) is 0 Å². The Balaban J connectivity index is 1.66. The molecule has 0 bridgehead atoms. The number of unbranched alkanes of at least 4 members (excludes halogenated alkanes) is 2. The third-order valence-electron chi connectivity index (χ3n) is 3.24. The summed E-state index contributed by atoms with van der Waals surface area (Å²) < 4.78 is 0. The minimum Gasteiger partial charge on any atom is -0.293 e. The van der Waals surface area contributed by atoms with Gasteiger partial charge in [-0.15, -0.1) is 0 Å². The van der Waals surface area contributed by atoms with Crippen LogP contribution in [0.25, 0.3) is 0 Å². The predicted molar refractivity (Wildman–Crippen MR) is 75.2 cm³/mol. The van der Waals surface area contributed by atoms with Gasteiger partial charge in [0.2, 0.25) is 0 Å². The Kier molecular flexibility index (Phi) is 5.21. The zero-order valence-electron chi connectivity index (χ0n) is 10.6. The van der Waals surface area contributed by atoms with Crippen LogP contribution in [0.1, 0.15) is 44.9 Å². The van der Waals surface area contributed by atoms with Crippen LogP contribution >= 0.6 is 0 Å². The standard InChI is InChI=1S/C15H22N2/c1(2-6-14-8-4-10-16-12-14)3-7-15-9-5-11-17-13-15/h6-7,12-13H,1-5,8-11H2/b14-6-,15-7-. The Hall–Kier alpha value is -1.18. The molecular weight excluding hydrogens is 208 g/mol.